The van der Waals surface area contributed by atoms with Crippen molar-refractivity contribution in [2.24, 2.45) is 11.8 Å². The lowest BCUT2D eigenvalue weighted by atomic mass is 10.1. The van der Waals surface area contributed by atoms with Crippen molar-refractivity contribution >= 4 is 5.91 Å². The Hall–Kier alpha value is -0.610. The van der Waals surface area contributed by atoms with E-state index in [9.17, 15) is 4.79 Å². The molecule has 1 atom stereocenters. The predicted octanol–water partition coefficient (Wildman–Crippen LogP) is 1.90. The molecule has 112 valence electrons. The highest BCUT2D eigenvalue weighted by molar-refractivity contribution is 5.77. The Labute approximate surface area is 117 Å². The molecule has 0 aromatic rings. The maximum atomic E-state index is 11.5. The van der Waals surface area contributed by atoms with Crippen molar-refractivity contribution in [2.45, 2.75) is 46.6 Å². The Morgan fingerprint density at radius 2 is 2.11 bits per heavy atom. The molecule has 0 radical (unpaired) electrons. The normalized spacial score (nSPS) is 21.1. The predicted molar refractivity (Wildman–Crippen MR) is 78.1 cm³/mol. The number of rotatable bonds is 7. The van der Waals surface area contributed by atoms with E-state index in [1.165, 1.54) is 12.8 Å². The molecular formula is C15H30N2O2. The van der Waals surface area contributed by atoms with Crippen molar-refractivity contribution in [2.75, 3.05) is 32.8 Å². The molecule has 0 bridgehead atoms. The van der Waals surface area contributed by atoms with Gasteiger partial charge in [-0.1, -0.05) is 27.7 Å². The molecule has 1 amide bonds. The van der Waals surface area contributed by atoms with Gasteiger partial charge in [-0.3, -0.25) is 9.69 Å². The second kappa shape index (κ2) is 8.54. The second-order valence-corrected chi connectivity index (χ2v) is 6.23. The molecule has 0 aromatic heterocycles. The van der Waals surface area contributed by atoms with E-state index < -0.39 is 0 Å². The lowest BCUT2D eigenvalue weighted by Gasteiger charge is -2.33. The van der Waals surface area contributed by atoms with Crippen LogP contribution in [0.25, 0.3) is 0 Å². The Morgan fingerprint density at radius 1 is 1.37 bits per heavy atom. The van der Waals surface area contributed by atoms with E-state index in [1.54, 1.807) is 0 Å². The zero-order chi connectivity index (χ0) is 14.3. The highest BCUT2D eigenvalue weighted by Crippen LogP contribution is 2.09. The average Bonchev–Trinajstić information content (AvgIpc) is 2.36. The van der Waals surface area contributed by atoms with Crippen LogP contribution in [0.3, 0.4) is 0 Å². The fourth-order valence-corrected chi connectivity index (χ4v) is 2.25. The second-order valence-electron chi connectivity index (χ2n) is 6.23. The highest BCUT2D eigenvalue weighted by atomic mass is 16.5. The van der Waals surface area contributed by atoms with Gasteiger partial charge in [0.1, 0.15) is 0 Å². The van der Waals surface area contributed by atoms with E-state index in [4.69, 9.17) is 4.74 Å². The van der Waals surface area contributed by atoms with Gasteiger partial charge in [-0.2, -0.15) is 0 Å². The fourth-order valence-electron chi connectivity index (χ4n) is 2.25. The minimum Gasteiger partial charge on any atom is -0.374 e. The van der Waals surface area contributed by atoms with Crippen molar-refractivity contribution < 1.29 is 9.53 Å². The summed E-state index contributed by atoms with van der Waals surface area (Å²) in [5.41, 5.74) is 0. The maximum Gasteiger partial charge on any atom is 0.222 e. The van der Waals surface area contributed by atoms with E-state index in [0.717, 1.165) is 32.2 Å². The van der Waals surface area contributed by atoms with Gasteiger partial charge in [0.15, 0.2) is 0 Å². The van der Waals surface area contributed by atoms with Crippen molar-refractivity contribution in [1.82, 2.24) is 10.2 Å². The van der Waals surface area contributed by atoms with E-state index in [2.05, 4.69) is 24.1 Å². The molecular weight excluding hydrogens is 240 g/mol. The zero-order valence-electron chi connectivity index (χ0n) is 12.9. The summed E-state index contributed by atoms with van der Waals surface area (Å²) < 4.78 is 5.71. The lowest BCUT2D eigenvalue weighted by molar-refractivity contribution is -0.125. The average molecular weight is 270 g/mol. The molecule has 1 heterocycles. The van der Waals surface area contributed by atoms with Gasteiger partial charge in [0.05, 0.1) is 12.7 Å². The van der Waals surface area contributed by atoms with E-state index in [-0.39, 0.29) is 17.9 Å². The summed E-state index contributed by atoms with van der Waals surface area (Å²) in [4.78, 5) is 14.0. The van der Waals surface area contributed by atoms with Crippen molar-refractivity contribution in [1.29, 1.82) is 0 Å². The van der Waals surface area contributed by atoms with Gasteiger partial charge >= 0.3 is 0 Å². The van der Waals surface area contributed by atoms with Gasteiger partial charge in [-0.15, -0.1) is 0 Å². The molecule has 1 rings (SSSR count). The van der Waals surface area contributed by atoms with Gasteiger partial charge in [-0.05, 0) is 25.3 Å². The number of ether oxygens (including phenoxy) is 1. The SMILES string of the molecule is CC(C)CCCN1CCOC(CNC(=O)C(C)C)C1. The van der Waals surface area contributed by atoms with Crippen molar-refractivity contribution in [3.63, 3.8) is 0 Å². The van der Waals surface area contributed by atoms with Crippen LogP contribution in [-0.4, -0.2) is 49.7 Å². The minimum atomic E-state index is 0.0470. The number of nitrogens with zero attached hydrogens (tertiary/aromatic N) is 1. The number of hydrogen-bond donors (Lipinski definition) is 1. The Balaban J connectivity index is 2.20. The number of hydrogen-bond acceptors (Lipinski definition) is 3. The molecule has 0 saturated carbocycles. The van der Waals surface area contributed by atoms with Crippen molar-refractivity contribution in [3.8, 4) is 0 Å². The summed E-state index contributed by atoms with van der Waals surface area (Å²) in [6.07, 6.45) is 2.69. The standard InChI is InChI=1S/C15H30N2O2/c1-12(2)6-5-7-17-8-9-19-14(11-17)10-16-15(18)13(3)4/h12-14H,5-11H2,1-4H3,(H,16,18). The Morgan fingerprint density at radius 3 is 2.74 bits per heavy atom. The molecule has 0 aromatic carbocycles. The number of carbonyl (C=O) groups is 1. The number of amides is 1. The summed E-state index contributed by atoms with van der Waals surface area (Å²) in [5.74, 6) is 0.938. The molecule has 19 heavy (non-hydrogen) atoms. The van der Waals surface area contributed by atoms with Gasteiger partial charge in [0.25, 0.3) is 0 Å². The first-order valence-electron chi connectivity index (χ1n) is 7.60. The molecule has 1 fully saturated rings. The number of nitrogens with one attached hydrogen (secondary N) is 1. The molecule has 1 aliphatic rings. The first kappa shape index (κ1) is 16.4. The maximum absolute atomic E-state index is 11.5. The molecule has 1 aliphatic heterocycles. The summed E-state index contributed by atoms with van der Waals surface area (Å²) in [6.45, 7) is 12.9. The van der Waals surface area contributed by atoms with Crippen LogP contribution < -0.4 is 5.32 Å². The minimum absolute atomic E-state index is 0.0470. The number of morpholine rings is 1. The Bertz CT molecular complexity index is 267. The molecule has 4 heteroatoms. The molecule has 0 aliphatic carbocycles. The van der Waals surface area contributed by atoms with Gasteiger partial charge in [-0.25, -0.2) is 0 Å². The van der Waals surface area contributed by atoms with Crippen LogP contribution in [0.2, 0.25) is 0 Å². The van der Waals surface area contributed by atoms with Crippen LogP contribution in [0.5, 0.6) is 0 Å². The first-order chi connectivity index (χ1) is 8.99. The van der Waals surface area contributed by atoms with E-state index in [1.807, 2.05) is 13.8 Å². The number of carbonyl (C=O) groups excluding carboxylic acids is 1. The largest absolute Gasteiger partial charge is 0.374 e. The molecule has 1 saturated heterocycles. The molecule has 0 spiro atoms. The van der Waals surface area contributed by atoms with Crippen LogP contribution in [0, 0.1) is 11.8 Å². The van der Waals surface area contributed by atoms with Gasteiger partial charge in [0, 0.05) is 25.6 Å². The van der Waals surface area contributed by atoms with Crippen LogP contribution in [0.15, 0.2) is 0 Å². The molecule has 4 nitrogen and oxygen atoms in total. The smallest absolute Gasteiger partial charge is 0.222 e. The molecule has 1 N–H and O–H groups in total. The van der Waals surface area contributed by atoms with E-state index >= 15 is 0 Å². The van der Waals surface area contributed by atoms with E-state index in [0.29, 0.717) is 6.54 Å². The third-order valence-corrected chi connectivity index (χ3v) is 3.51. The van der Waals surface area contributed by atoms with Crippen LogP contribution in [-0.2, 0) is 9.53 Å². The van der Waals surface area contributed by atoms with Gasteiger partial charge in [0.2, 0.25) is 5.91 Å². The summed E-state index contributed by atoms with van der Waals surface area (Å²) >= 11 is 0. The third kappa shape index (κ3) is 6.92. The van der Waals surface area contributed by atoms with Crippen LogP contribution >= 0.6 is 0 Å². The first-order valence-corrected chi connectivity index (χ1v) is 7.60. The Kier molecular flexibility index (Phi) is 7.39. The summed E-state index contributed by atoms with van der Waals surface area (Å²) in [7, 11) is 0. The summed E-state index contributed by atoms with van der Waals surface area (Å²) in [6, 6.07) is 0. The molecule has 1 unspecified atom stereocenters. The monoisotopic (exact) mass is 270 g/mol. The zero-order valence-corrected chi connectivity index (χ0v) is 12.9. The topological polar surface area (TPSA) is 41.6 Å². The summed E-state index contributed by atoms with van der Waals surface area (Å²) in [5, 5.41) is 2.96. The van der Waals surface area contributed by atoms with Crippen molar-refractivity contribution in [3.05, 3.63) is 0 Å². The fraction of sp³-hybridized carbons (Fsp3) is 0.933. The van der Waals surface area contributed by atoms with Crippen LogP contribution in [0.4, 0.5) is 0 Å². The van der Waals surface area contributed by atoms with Gasteiger partial charge < -0.3 is 10.1 Å². The van der Waals surface area contributed by atoms with Crippen LogP contribution in [0.1, 0.15) is 40.5 Å². The third-order valence-electron chi connectivity index (χ3n) is 3.51. The highest BCUT2D eigenvalue weighted by Gasteiger charge is 2.21. The lowest BCUT2D eigenvalue weighted by Crippen LogP contribution is -2.48. The quantitative estimate of drug-likeness (QED) is 0.768.